The van der Waals surface area contributed by atoms with Crippen molar-refractivity contribution in [3.63, 3.8) is 0 Å². The number of nitro benzene ring substituents is 1. The van der Waals surface area contributed by atoms with E-state index in [4.69, 9.17) is 13.2 Å². The molecular weight excluding hydrogens is 409 g/mol. The second-order valence-corrected chi connectivity index (χ2v) is 9.60. The second kappa shape index (κ2) is 9.29. The highest BCUT2D eigenvalue weighted by molar-refractivity contribution is 7.86. The third-order valence-electron chi connectivity index (χ3n) is 3.60. The average molecular weight is 429 g/mol. The molecule has 0 aromatic heterocycles. The van der Waals surface area contributed by atoms with Gasteiger partial charge in [-0.1, -0.05) is 24.6 Å². The van der Waals surface area contributed by atoms with Gasteiger partial charge in [-0.2, -0.15) is 8.42 Å². The first-order valence-corrected chi connectivity index (χ1v) is 11.4. The number of nitro groups is 1. The Labute approximate surface area is 163 Å². The summed E-state index contributed by atoms with van der Waals surface area (Å²) >= 11 is 0. The molecule has 152 valence electrons. The van der Waals surface area contributed by atoms with Gasteiger partial charge in [0.15, 0.2) is 0 Å². The van der Waals surface area contributed by atoms with E-state index in [9.17, 15) is 23.1 Å². The number of aryl methyl sites for hydroxylation is 1. The SMILES string of the molecule is CCP(=O)(OCCOS(=O)(=O)c1ccc(C)cc1)Oc1ccc([N+](=O)[O-])cc1. The number of nitrogens with zero attached hydrogens (tertiary/aromatic N) is 1. The van der Waals surface area contributed by atoms with Crippen LogP contribution in [0.1, 0.15) is 12.5 Å². The summed E-state index contributed by atoms with van der Waals surface area (Å²) in [6.07, 6.45) is 0.0225. The Morgan fingerprint density at radius 2 is 1.64 bits per heavy atom. The summed E-state index contributed by atoms with van der Waals surface area (Å²) in [4.78, 5) is 10.1. The van der Waals surface area contributed by atoms with E-state index in [1.54, 1.807) is 19.1 Å². The predicted molar refractivity (Wildman–Crippen MR) is 102 cm³/mol. The fourth-order valence-corrected chi connectivity index (χ4v) is 4.12. The van der Waals surface area contributed by atoms with Crippen LogP contribution < -0.4 is 4.52 Å². The Hall–Kier alpha value is -2.26. The molecule has 1 atom stereocenters. The predicted octanol–water partition coefficient (Wildman–Crippen LogP) is 3.92. The van der Waals surface area contributed by atoms with Crippen LogP contribution in [0.25, 0.3) is 0 Å². The largest absolute Gasteiger partial charge is 0.424 e. The molecule has 0 aliphatic rings. The first kappa shape index (κ1) is 22.0. The van der Waals surface area contributed by atoms with Gasteiger partial charge in [-0.15, -0.1) is 0 Å². The molecule has 0 saturated heterocycles. The minimum atomic E-state index is -3.95. The Morgan fingerprint density at radius 3 is 2.18 bits per heavy atom. The highest BCUT2D eigenvalue weighted by atomic mass is 32.2. The van der Waals surface area contributed by atoms with Crippen LogP contribution in [0.3, 0.4) is 0 Å². The fourth-order valence-electron chi connectivity index (χ4n) is 2.06. The molecule has 0 bridgehead atoms. The van der Waals surface area contributed by atoms with E-state index in [1.807, 2.05) is 6.92 Å². The van der Waals surface area contributed by atoms with Gasteiger partial charge < -0.3 is 4.52 Å². The molecule has 0 fully saturated rings. The third-order valence-corrected chi connectivity index (χ3v) is 6.76. The Morgan fingerprint density at radius 1 is 1.04 bits per heavy atom. The molecule has 0 aliphatic carbocycles. The normalized spacial score (nSPS) is 13.6. The summed E-state index contributed by atoms with van der Waals surface area (Å²) in [5.41, 5.74) is 0.781. The van der Waals surface area contributed by atoms with Crippen LogP contribution >= 0.6 is 7.60 Å². The Balaban J connectivity index is 1.91. The van der Waals surface area contributed by atoms with Gasteiger partial charge in [0.1, 0.15) is 5.75 Å². The van der Waals surface area contributed by atoms with E-state index < -0.39 is 22.6 Å². The maximum Gasteiger partial charge on any atom is 0.378 e. The van der Waals surface area contributed by atoms with Crippen molar-refractivity contribution in [2.45, 2.75) is 18.7 Å². The van der Waals surface area contributed by atoms with Gasteiger partial charge in [0.2, 0.25) is 0 Å². The number of non-ortho nitro benzene ring substituents is 1. The number of benzene rings is 2. The maximum atomic E-state index is 12.6. The fraction of sp³-hybridized carbons (Fsp3) is 0.294. The molecule has 1 unspecified atom stereocenters. The van der Waals surface area contributed by atoms with E-state index in [0.717, 1.165) is 5.56 Å². The van der Waals surface area contributed by atoms with Gasteiger partial charge in [0, 0.05) is 12.1 Å². The quantitative estimate of drug-likeness (QED) is 0.183. The lowest BCUT2D eigenvalue weighted by atomic mass is 10.2. The van der Waals surface area contributed by atoms with Crippen molar-refractivity contribution in [1.29, 1.82) is 0 Å². The van der Waals surface area contributed by atoms with Gasteiger partial charge in [-0.25, -0.2) is 4.57 Å². The molecule has 2 aromatic rings. The van der Waals surface area contributed by atoms with Crippen molar-refractivity contribution in [3.8, 4) is 5.75 Å². The number of hydrogen-bond donors (Lipinski definition) is 0. The summed E-state index contributed by atoms with van der Waals surface area (Å²) in [6, 6.07) is 11.2. The molecule has 0 spiro atoms. The monoisotopic (exact) mass is 429 g/mol. The molecule has 0 N–H and O–H groups in total. The van der Waals surface area contributed by atoms with Crippen LogP contribution in [0.15, 0.2) is 53.4 Å². The molecule has 2 aromatic carbocycles. The molecule has 0 aliphatic heterocycles. The zero-order chi connectivity index (χ0) is 20.8. The van der Waals surface area contributed by atoms with Crippen molar-refractivity contribution >= 4 is 23.4 Å². The van der Waals surface area contributed by atoms with Crippen molar-refractivity contribution < 1.29 is 31.1 Å². The number of hydrogen-bond acceptors (Lipinski definition) is 8. The molecule has 0 saturated carbocycles. The summed E-state index contributed by atoms with van der Waals surface area (Å²) in [6.45, 7) is 2.79. The summed E-state index contributed by atoms with van der Waals surface area (Å²) in [7, 11) is -7.51. The van der Waals surface area contributed by atoms with E-state index in [2.05, 4.69) is 0 Å². The van der Waals surface area contributed by atoms with Gasteiger partial charge in [0.05, 0.1) is 29.2 Å². The highest BCUT2D eigenvalue weighted by Gasteiger charge is 2.24. The van der Waals surface area contributed by atoms with Gasteiger partial charge in [0.25, 0.3) is 15.8 Å². The lowest BCUT2D eigenvalue weighted by molar-refractivity contribution is -0.384. The highest BCUT2D eigenvalue weighted by Crippen LogP contribution is 2.47. The van der Waals surface area contributed by atoms with Crippen LogP contribution in [0.2, 0.25) is 0 Å². The smallest absolute Gasteiger partial charge is 0.378 e. The Bertz CT molecular complexity index is 958. The topological polar surface area (TPSA) is 122 Å². The van der Waals surface area contributed by atoms with E-state index in [1.165, 1.54) is 36.4 Å². The molecule has 11 heteroatoms. The zero-order valence-corrected chi connectivity index (χ0v) is 17.0. The molecule has 28 heavy (non-hydrogen) atoms. The summed E-state index contributed by atoms with van der Waals surface area (Å²) in [5.74, 6) is 0.143. The molecule has 9 nitrogen and oxygen atoms in total. The van der Waals surface area contributed by atoms with E-state index >= 15 is 0 Å². The van der Waals surface area contributed by atoms with Crippen LogP contribution in [0.5, 0.6) is 5.75 Å². The zero-order valence-electron chi connectivity index (χ0n) is 15.3. The van der Waals surface area contributed by atoms with E-state index in [-0.39, 0.29) is 35.7 Å². The molecular formula is C17H20NO8PS. The van der Waals surface area contributed by atoms with Crippen molar-refractivity contribution in [2.75, 3.05) is 19.4 Å². The lowest BCUT2D eigenvalue weighted by Crippen LogP contribution is -2.12. The lowest BCUT2D eigenvalue weighted by Gasteiger charge is -2.17. The molecule has 0 heterocycles. The average Bonchev–Trinajstić information content (AvgIpc) is 2.66. The number of rotatable bonds is 10. The summed E-state index contributed by atoms with van der Waals surface area (Å²) in [5, 5.41) is 10.7. The molecule has 0 radical (unpaired) electrons. The molecule has 2 rings (SSSR count). The standard InChI is InChI=1S/C17H20NO8PS/c1-3-27(21,26-16-8-6-15(7-9-16)18(19)20)24-12-13-25-28(22,23)17-10-4-14(2)5-11-17/h4-11H,3,12-13H2,1-2H3. The van der Waals surface area contributed by atoms with Crippen molar-refractivity contribution in [2.24, 2.45) is 0 Å². The van der Waals surface area contributed by atoms with Gasteiger partial charge >= 0.3 is 7.60 Å². The van der Waals surface area contributed by atoms with Crippen LogP contribution in [0.4, 0.5) is 5.69 Å². The third kappa shape index (κ3) is 6.13. The Kier molecular flexibility index (Phi) is 7.31. The first-order chi connectivity index (χ1) is 13.1. The maximum absolute atomic E-state index is 12.6. The minimum absolute atomic E-state index is 0.0129. The van der Waals surface area contributed by atoms with Crippen LogP contribution in [0, 0.1) is 17.0 Å². The summed E-state index contributed by atoms with van der Waals surface area (Å²) < 4.78 is 52.2. The first-order valence-electron chi connectivity index (χ1n) is 8.29. The minimum Gasteiger partial charge on any atom is -0.424 e. The van der Waals surface area contributed by atoms with Crippen LogP contribution in [-0.4, -0.2) is 32.7 Å². The van der Waals surface area contributed by atoms with Crippen LogP contribution in [-0.2, 0) is 23.4 Å². The van der Waals surface area contributed by atoms with Gasteiger partial charge in [-0.05, 0) is 31.2 Å². The van der Waals surface area contributed by atoms with Crippen molar-refractivity contribution in [3.05, 3.63) is 64.2 Å². The van der Waals surface area contributed by atoms with Crippen molar-refractivity contribution in [1.82, 2.24) is 0 Å². The second-order valence-electron chi connectivity index (χ2n) is 5.69. The molecule has 0 amide bonds. The van der Waals surface area contributed by atoms with E-state index in [0.29, 0.717) is 0 Å². The van der Waals surface area contributed by atoms with Gasteiger partial charge in [-0.3, -0.25) is 18.8 Å².